The molecule has 0 amide bonds. The number of rotatable bonds is 6. The van der Waals surface area contributed by atoms with E-state index in [4.69, 9.17) is 26.8 Å². The molecule has 0 saturated carbocycles. The van der Waals surface area contributed by atoms with Crippen LogP contribution in [-0.4, -0.2) is 61.3 Å². The molecule has 9 heteroatoms. The van der Waals surface area contributed by atoms with Gasteiger partial charge in [-0.25, -0.2) is 0 Å². The molecule has 0 spiro atoms. The predicted octanol–water partition coefficient (Wildman–Crippen LogP) is 1.34. The Balaban J connectivity index is 2.12. The van der Waals surface area contributed by atoms with Crippen LogP contribution in [0.2, 0.25) is 0 Å². The molecule has 8 nitrogen and oxygen atoms in total. The number of carbonyl (C=O) groups excluding carboxylic acids is 3. The molecule has 1 saturated heterocycles. The topological polar surface area (TPSA) is 94.2 Å². The zero-order chi connectivity index (χ0) is 21.6. The normalized spacial score (nSPS) is 30.6. The first-order valence-corrected chi connectivity index (χ1v) is 9.65. The molecule has 0 bridgehead atoms. The number of nitrogens with one attached hydrogen (secondary N) is 1. The van der Waals surface area contributed by atoms with Crippen LogP contribution in [0.25, 0.3) is 0 Å². The van der Waals surface area contributed by atoms with Crippen molar-refractivity contribution < 1.29 is 28.6 Å². The van der Waals surface area contributed by atoms with Crippen molar-refractivity contribution in [1.29, 1.82) is 0 Å². The molecule has 3 unspecified atom stereocenters. The summed E-state index contributed by atoms with van der Waals surface area (Å²) in [5, 5.41) is 2.76. The third-order valence-corrected chi connectivity index (χ3v) is 6.82. The van der Waals surface area contributed by atoms with Crippen LogP contribution in [0, 0.1) is 5.41 Å². The van der Waals surface area contributed by atoms with Gasteiger partial charge in [-0.05, 0) is 52.1 Å². The smallest absolute Gasteiger partial charge is 0.313 e. The van der Waals surface area contributed by atoms with Crippen molar-refractivity contribution >= 4 is 30.7 Å². The summed E-state index contributed by atoms with van der Waals surface area (Å²) in [5.74, 6) is 0.282. The number of fused-ring (bicyclic) bond motifs is 1. The van der Waals surface area contributed by atoms with E-state index in [1.54, 1.807) is 31.0 Å². The highest BCUT2D eigenvalue weighted by molar-refractivity contribution is 7.82. The zero-order valence-corrected chi connectivity index (χ0v) is 18.0. The molecule has 2 heterocycles. The van der Waals surface area contributed by atoms with E-state index < -0.39 is 33.6 Å². The Morgan fingerprint density at radius 1 is 1.38 bits per heavy atom. The van der Waals surface area contributed by atoms with Crippen molar-refractivity contribution in [3.63, 3.8) is 0 Å². The molecule has 2 aliphatic heterocycles. The van der Waals surface area contributed by atoms with E-state index in [2.05, 4.69) is 5.32 Å². The average molecular weight is 423 g/mol. The van der Waals surface area contributed by atoms with Gasteiger partial charge in [-0.15, -0.1) is 12.6 Å². The predicted molar refractivity (Wildman–Crippen MR) is 108 cm³/mol. The lowest BCUT2D eigenvalue weighted by molar-refractivity contribution is -0.153. The number of likely N-dealkylation sites (tertiary alicyclic amines) is 1. The Kier molecular flexibility index (Phi) is 5.44. The lowest BCUT2D eigenvalue weighted by Gasteiger charge is -2.38. The number of esters is 1. The largest absolute Gasteiger partial charge is 0.469 e. The summed E-state index contributed by atoms with van der Waals surface area (Å²) >= 11 is 4.72. The molecule has 0 aromatic heterocycles. The second-order valence-electron chi connectivity index (χ2n) is 7.93. The van der Waals surface area contributed by atoms with Crippen LogP contribution in [0.1, 0.15) is 31.9 Å². The van der Waals surface area contributed by atoms with E-state index in [0.717, 1.165) is 5.56 Å². The minimum Gasteiger partial charge on any atom is -0.469 e. The second-order valence-corrected chi connectivity index (χ2v) is 8.67. The fourth-order valence-electron chi connectivity index (χ4n) is 4.35. The van der Waals surface area contributed by atoms with E-state index in [1.807, 2.05) is 6.07 Å². The molecule has 1 aromatic carbocycles. The van der Waals surface area contributed by atoms with Crippen LogP contribution < -0.4 is 14.8 Å². The third kappa shape index (κ3) is 3.12. The number of hydrogen-bond donors (Lipinski definition) is 2. The van der Waals surface area contributed by atoms with Crippen LogP contribution in [0.3, 0.4) is 0 Å². The third-order valence-electron chi connectivity index (χ3n) is 6.14. The number of Topliss-reactive ketones (excluding diaryl/α,β-unsaturated/α-hetero) is 1. The molecule has 3 rings (SSSR count). The second kappa shape index (κ2) is 7.30. The summed E-state index contributed by atoms with van der Waals surface area (Å²) in [6.45, 7) is 3.37. The first-order chi connectivity index (χ1) is 13.6. The van der Waals surface area contributed by atoms with Gasteiger partial charge in [-0.3, -0.25) is 14.5 Å². The van der Waals surface area contributed by atoms with Crippen molar-refractivity contribution in [2.45, 2.75) is 36.7 Å². The number of likely N-dealkylation sites (N-methyl/N-ethyl adjacent to an activating group) is 2. The first-order valence-electron chi connectivity index (χ1n) is 9.21. The summed E-state index contributed by atoms with van der Waals surface area (Å²) in [6, 6.07) is 4.86. The Morgan fingerprint density at radius 3 is 2.62 bits per heavy atom. The molecular formula is C20H26N2O6S. The van der Waals surface area contributed by atoms with Crippen molar-refractivity contribution in [1.82, 2.24) is 10.2 Å². The highest BCUT2D eigenvalue weighted by Gasteiger charge is 2.64. The molecule has 4 atom stereocenters. The number of methoxy groups -OCH3 is 1. The van der Waals surface area contributed by atoms with E-state index in [-0.39, 0.29) is 13.2 Å². The fraction of sp³-hybridized carbons (Fsp3) is 0.550. The van der Waals surface area contributed by atoms with Crippen LogP contribution in [0.4, 0.5) is 0 Å². The monoisotopic (exact) mass is 422 g/mol. The molecular weight excluding hydrogens is 396 g/mol. The molecule has 29 heavy (non-hydrogen) atoms. The first kappa shape index (κ1) is 21.6. The average Bonchev–Trinajstić information content (AvgIpc) is 3.27. The van der Waals surface area contributed by atoms with E-state index in [1.165, 1.54) is 21.1 Å². The maximum atomic E-state index is 13.4. The Bertz CT molecular complexity index is 863. The number of benzene rings is 1. The van der Waals surface area contributed by atoms with Gasteiger partial charge in [-0.2, -0.15) is 0 Å². The summed E-state index contributed by atoms with van der Waals surface area (Å²) in [4.78, 5) is 38.3. The fourth-order valence-corrected chi connectivity index (χ4v) is 5.02. The minimum atomic E-state index is -1.45. The Morgan fingerprint density at radius 2 is 2.03 bits per heavy atom. The van der Waals surface area contributed by atoms with Gasteiger partial charge < -0.3 is 24.3 Å². The molecule has 1 fully saturated rings. The Labute approximate surface area is 175 Å². The highest BCUT2D eigenvalue weighted by atomic mass is 32.1. The van der Waals surface area contributed by atoms with Gasteiger partial charge in [0.2, 0.25) is 6.79 Å². The number of aldehydes is 1. The lowest BCUT2D eigenvalue weighted by Crippen LogP contribution is -2.60. The van der Waals surface area contributed by atoms with Crippen molar-refractivity contribution in [3.8, 4) is 11.5 Å². The zero-order valence-electron chi connectivity index (χ0n) is 17.1. The van der Waals surface area contributed by atoms with Gasteiger partial charge in [-0.1, -0.05) is 6.07 Å². The van der Waals surface area contributed by atoms with Gasteiger partial charge in [0.15, 0.2) is 17.3 Å². The number of ketones is 1. The van der Waals surface area contributed by atoms with Crippen LogP contribution >= 0.6 is 12.6 Å². The van der Waals surface area contributed by atoms with Gasteiger partial charge in [0, 0.05) is 0 Å². The highest BCUT2D eigenvalue weighted by Crippen LogP contribution is 2.57. The summed E-state index contributed by atoms with van der Waals surface area (Å²) in [5.41, 5.74) is -1.78. The number of ether oxygens (including phenoxy) is 3. The van der Waals surface area contributed by atoms with Gasteiger partial charge >= 0.3 is 5.97 Å². The molecule has 1 N–H and O–H groups in total. The van der Waals surface area contributed by atoms with Crippen LogP contribution in [0.5, 0.6) is 11.5 Å². The summed E-state index contributed by atoms with van der Waals surface area (Å²) < 4.78 is 15.9. The molecule has 2 aliphatic rings. The molecule has 158 valence electrons. The van der Waals surface area contributed by atoms with Crippen molar-refractivity contribution in [2.75, 3.05) is 28.0 Å². The standard InChI is InChI=1S/C20H26N2O6S/c1-18(17(25)26-5)9-20(29,16(24)19(2,10-23)21-3)22(4)15(18)12-6-7-13-14(8-12)28-11-27-13/h6-8,10,15,21,29H,9,11H2,1-5H3/t15?,18-,19?,20?/m0/s1. The van der Waals surface area contributed by atoms with Gasteiger partial charge in [0.1, 0.15) is 16.7 Å². The molecule has 1 aromatic rings. The van der Waals surface area contributed by atoms with Crippen LogP contribution in [0.15, 0.2) is 18.2 Å². The van der Waals surface area contributed by atoms with Crippen molar-refractivity contribution in [3.05, 3.63) is 23.8 Å². The van der Waals surface area contributed by atoms with E-state index >= 15 is 0 Å². The summed E-state index contributed by atoms with van der Waals surface area (Å²) in [6.07, 6.45) is 0.625. The maximum absolute atomic E-state index is 13.4. The van der Waals surface area contributed by atoms with E-state index in [9.17, 15) is 14.4 Å². The Hall–Kier alpha value is -2.10. The molecule has 0 radical (unpaired) electrons. The number of hydrogen-bond acceptors (Lipinski definition) is 9. The van der Waals surface area contributed by atoms with Gasteiger partial charge in [0.05, 0.1) is 18.6 Å². The number of carbonyl (C=O) groups is 3. The number of thiol groups is 1. The maximum Gasteiger partial charge on any atom is 0.313 e. The molecule has 0 aliphatic carbocycles. The number of nitrogens with zero attached hydrogens (tertiary/aromatic N) is 1. The lowest BCUT2D eigenvalue weighted by atomic mass is 9.77. The SMILES string of the molecule is CNC(C)(C=O)C(=O)C1(S)C[C@](C)(C(=O)OC)C(c2ccc3c(c2)OCO3)N1C. The van der Waals surface area contributed by atoms with E-state index in [0.29, 0.717) is 17.8 Å². The summed E-state index contributed by atoms with van der Waals surface area (Å²) in [7, 11) is 4.57. The van der Waals surface area contributed by atoms with Crippen molar-refractivity contribution in [2.24, 2.45) is 5.41 Å². The van der Waals surface area contributed by atoms with Crippen LogP contribution in [-0.2, 0) is 19.1 Å². The quantitative estimate of drug-likeness (QED) is 0.307. The van der Waals surface area contributed by atoms with Gasteiger partial charge in [0.25, 0.3) is 0 Å². The minimum absolute atomic E-state index is 0.0648.